The van der Waals surface area contributed by atoms with Crippen molar-refractivity contribution >= 4 is 23.2 Å². The van der Waals surface area contributed by atoms with Crippen LogP contribution in [-0.2, 0) is 9.59 Å². The van der Waals surface area contributed by atoms with E-state index in [9.17, 15) is 9.59 Å². The van der Waals surface area contributed by atoms with E-state index in [4.69, 9.17) is 5.73 Å². The fourth-order valence-electron chi connectivity index (χ4n) is 2.32. The van der Waals surface area contributed by atoms with E-state index in [1.807, 2.05) is 13.0 Å². The SMILES string of the molecule is Cc1ccc(NC(=O)C(=O)NCCN2CCNCC2)c(N)c1. The first-order valence-electron chi connectivity index (χ1n) is 7.44. The molecule has 1 fully saturated rings. The molecule has 0 unspecified atom stereocenters. The highest BCUT2D eigenvalue weighted by molar-refractivity contribution is 6.39. The fourth-order valence-corrected chi connectivity index (χ4v) is 2.32. The highest BCUT2D eigenvalue weighted by atomic mass is 16.2. The average Bonchev–Trinajstić information content (AvgIpc) is 2.51. The van der Waals surface area contributed by atoms with Crippen LogP contribution < -0.4 is 21.7 Å². The molecule has 0 aromatic heterocycles. The lowest BCUT2D eigenvalue weighted by molar-refractivity contribution is -0.136. The van der Waals surface area contributed by atoms with Crippen LogP contribution in [0.25, 0.3) is 0 Å². The maximum Gasteiger partial charge on any atom is 0.313 e. The molecule has 1 aromatic carbocycles. The van der Waals surface area contributed by atoms with Gasteiger partial charge in [-0.3, -0.25) is 14.5 Å². The van der Waals surface area contributed by atoms with E-state index in [2.05, 4.69) is 20.9 Å². The molecule has 1 aliphatic heterocycles. The van der Waals surface area contributed by atoms with Gasteiger partial charge in [-0.25, -0.2) is 0 Å². The van der Waals surface area contributed by atoms with Gasteiger partial charge in [0.25, 0.3) is 0 Å². The van der Waals surface area contributed by atoms with Gasteiger partial charge < -0.3 is 21.7 Å². The van der Waals surface area contributed by atoms with Crippen LogP contribution >= 0.6 is 0 Å². The minimum absolute atomic E-state index is 0.446. The van der Waals surface area contributed by atoms with Crippen molar-refractivity contribution in [1.29, 1.82) is 0 Å². The lowest BCUT2D eigenvalue weighted by Gasteiger charge is -2.26. The number of carbonyl (C=O) groups excluding carboxylic acids is 2. The zero-order chi connectivity index (χ0) is 15.9. The summed E-state index contributed by atoms with van der Waals surface area (Å²) in [4.78, 5) is 25.8. The number of rotatable bonds is 4. The van der Waals surface area contributed by atoms with Crippen LogP contribution in [0.1, 0.15) is 5.56 Å². The minimum atomic E-state index is -0.698. The van der Waals surface area contributed by atoms with Crippen LogP contribution in [0.4, 0.5) is 11.4 Å². The lowest BCUT2D eigenvalue weighted by atomic mass is 10.2. The molecule has 5 N–H and O–H groups in total. The Morgan fingerprint density at radius 1 is 1.27 bits per heavy atom. The average molecular weight is 305 g/mol. The number of carbonyl (C=O) groups is 2. The smallest absolute Gasteiger partial charge is 0.313 e. The van der Waals surface area contributed by atoms with Crippen molar-refractivity contribution in [3.63, 3.8) is 0 Å². The maximum atomic E-state index is 11.8. The van der Waals surface area contributed by atoms with E-state index in [0.717, 1.165) is 38.3 Å². The third-order valence-electron chi connectivity index (χ3n) is 3.58. The van der Waals surface area contributed by atoms with Gasteiger partial charge in [-0.15, -0.1) is 0 Å². The summed E-state index contributed by atoms with van der Waals surface area (Å²) >= 11 is 0. The third kappa shape index (κ3) is 4.71. The quantitative estimate of drug-likeness (QED) is 0.445. The summed E-state index contributed by atoms with van der Waals surface area (Å²) < 4.78 is 0. The van der Waals surface area contributed by atoms with Crippen LogP contribution in [0.5, 0.6) is 0 Å². The van der Waals surface area contributed by atoms with E-state index in [0.29, 0.717) is 17.9 Å². The second-order valence-electron chi connectivity index (χ2n) is 5.39. The summed E-state index contributed by atoms with van der Waals surface area (Å²) in [5.41, 5.74) is 7.70. The topological polar surface area (TPSA) is 99.5 Å². The molecule has 1 heterocycles. The first kappa shape index (κ1) is 16.3. The number of hydrogen-bond donors (Lipinski definition) is 4. The van der Waals surface area contributed by atoms with E-state index in [1.165, 1.54) is 0 Å². The van der Waals surface area contributed by atoms with Crippen LogP contribution in [0, 0.1) is 6.92 Å². The predicted octanol–water partition coefficient (Wildman–Crippen LogP) is -0.463. The van der Waals surface area contributed by atoms with Crippen molar-refractivity contribution in [3.05, 3.63) is 23.8 Å². The van der Waals surface area contributed by atoms with E-state index >= 15 is 0 Å². The van der Waals surface area contributed by atoms with Crippen LogP contribution in [0.15, 0.2) is 18.2 Å². The third-order valence-corrected chi connectivity index (χ3v) is 3.58. The first-order chi connectivity index (χ1) is 10.6. The van der Waals surface area contributed by atoms with Crippen molar-refractivity contribution in [2.24, 2.45) is 0 Å². The van der Waals surface area contributed by atoms with Gasteiger partial charge in [0.05, 0.1) is 11.4 Å². The van der Waals surface area contributed by atoms with Gasteiger partial charge in [-0.1, -0.05) is 6.07 Å². The molecule has 7 heteroatoms. The summed E-state index contributed by atoms with van der Waals surface area (Å²) in [6.07, 6.45) is 0. The molecule has 0 bridgehead atoms. The van der Waals surface area contributed by atoms with Crippen molar-refractivity contribution in [1.82, 2.24) is 15.5 Å². The molecule has 2 rings (SSSR count). The summed E-state index contributed by atoms with van der Waals surface area (Å²) in [6.45, 7) is 6.94. The molecule has 0 spiro atoms. The van der Waals surface area contributed by atoms with Crippen molar-refractivity contribution in [2.75, 3.05) is 50.3 Å². The number of hydrogen-bond acceptors (Lipinski definition) is 5. The van der Waals surface area contributed by atoms with Crippen LogP contribution in [-0.4, -0.2) is 56.0 Å². The van der Waals surface area contributed by atoms with E-state index < -0.39 is 11.8 Å². The molecule has 0 aliphatic carbocycles. The number of nitrogens with zero attached hydrogens (tertiary/aromatic N) is 1. The Morgan fingerprint density at radius 3 is 2.68 bits per heavy atom. The Bertz CT molecular complexity index is 541. The van der Waals surface area contributed by atoms with Gasteiger partial charge in [0, 0.05) is 39.3 Å². The van der Waals surface area contributed by atoms with Gasteiger partial charge in [0.1, 0.15) is 0 Å². The molecule has 0 radical (unpaired) electrons. The van der Waals surface area contributed by atoms with Crippen molar-refractivity contribution in [3.8, 4) is 0 Å². The van der Waals surface area contributed by atoms with E-state index in [1.54, 1.807) is 12.1 Å². The molecule has 0 saturated carbocycles. The largest absolute Gasteiger partial charge is 0.397 e. The standard InChI is InChI=1S/C15H23N5O2/c1-11-2-3-13(12(16)10-11)19-15(22)14(21)18-6-9-20-7-4-17-5-8-20/h2-3,10,17H,4-9,16H2,1H3,(H,18,21)(H,19,22). The number of nitrogens with one attached hydrogen (secondary N) is 3. The summed E-state index contributed by atoms with van der Waals surface area (Å²) in [7, 11) is 0. The van der Waals surface area contributed by atoms with Crippen molar-refractivity contribution in [2.45, 2.75) is 6.92 Å². The molecule has 7 nitrogen and oxygen atoms in total. The van der Waals surface area contributed by atoms with Gasteiger partial charge in [0.15, 0.2) is 0 Å². The van der Waals surface area contributed by atoms with Crippen LogP contribution in [0.3, 0.4) is 0 Å². The second kappa shape index (κ2) is 7.77. The molecular weight excluding hydrogens is 282 g/mol. The normalized spacial score (nSPS) is 15.3. The van der Waals surface area contributed by atoms with Crippen LogP contribution in [0.2, 0.25) is 0 Å². The highest BCUT2D eigenvalue weighted by Gasteiger charge is 2.15. The van der Waals surface area contributed by atoms with Gasteiger partial charge in [-0.05, 0) is 24.6 Å². The number of amides is 2. The van der Waals surface area contributed by atoms with Gasteiger partial charge in [-0.2, -0.15) is 0 Å². The molecule has 1 saturated heterocycles. The number of nitrogens with two attached hydrogens (primary N) is 1. The lowest BCUT2D eigenvalue weighted by Crippen LogP contribution is -2.47. The molecule has 0 atom stereocenters. The van der Waals surface area contributed by atoms with E-state index in [-0.39, 0.29) is 0 Å². The minimum Gasteiger partial charge on any atom is -0.397 e. The summed E-state index contributed by atoms with van der Waals surface area (Å²) in [6, 6.07) is 5.27. The molecular formula is C15H23N5O2. The summed E-state index contributed by atoms with van der Waals surface area (Å²) in [5.74, 6) is -1.34. The molecule has 1 aromatic rings. The monoisotopic (exact) mass is 305 g/mol. The highest BCUT2D eigenvalue weighted by Crippen LogP contribution is 2.19. The summed E-state index contributed by atoms with van der Waals surface area (Å²) in [5, 5.41) is 8.42. The predicted molar refractivity (Wildman–Crippen MR) is 86.5 cm³/mol. The molecule has 120 valence electrons. The Labute approximate surface area is 130 Å². The van der Waals surface area contributed by atoms with Crippen molar-refractivity contribution < 1.29 is 9.59 Å². The molecule has 1 aliphatic rings. The number of piperazine rings is 1. The van der Waals surface area contributed by atoms with Gasteiger partial charge in [0.2, 0.25) is 0 Å². The molecule has 2 amide bonds. The molecule has 22 heavy (non-hydrogen) atoms. The zero-order valence-corrected chi connectivity index (χ0v) is 12.8. The maximum absolute atomic E-state index is 11.8. The number of benzene rings is 1. The Hall–Kier alpha value is -2.12. The Kier molecular flexibility index (Phi) is 5.74. The number of aryl methyl sites for hydroxylation is 1. The Balaban J connectivity index is 1.75. The second-order valence-corrected chi connectivity index (χ2v) is 5.39. The number of anilines is 2. The van der Waals surface area contributed by atoms with Gasteiger partial charge >= 0.3 is 11.8 Å². The fraction of sp³-hybridized carbons (Fsp3) is 0.467. The zero-order valence-electron chi connectivity index (χ0n) is 12.8. The first-order valence-corrected chi connectivity index (χ1v) is 7.44. The number of nitrogen functional groups attached to an aromatic ring is 1. The Morgan fingerprint density at radius 2 is 2.00 bits per heavy atom.